The highest BCUT2D eigenvalue weighted by atomic mass is 32.2. The summed E-state index contributed by atoms with van der Waals surface area (Å²) in [7, 11) is -6.55. The summed E-state index contributed by atoms with van der Waals surface area (Å²) in [4.78, 5) is 21.8. The Kier molecular flexibility index (Phi) is 6.01. The number of thiazole rings is 1. The van der Waals surface area contributed by atoms with E-state index in [0.29, 0.717) is 45.6 Å². The summed E-state index contributed by atoms with van der Waals surface area (Å²) in [6.45, 7) is 3.12. The third kappa shape index (κ3) is 4.86. The Morgan fingerprint density at radius 1 is 1.06 bits per heavy atom. The van der Waals surface area contributed by atoms with E-state index in [0.717, 1.165) is 15.3 Å². The first-order valence-electron chi connectivity index (χ1n) is 10.1. The molecule has 9 nitrogen and oxygen atoms in total. The van der Waals surface area contributed by atoms with E-state index >= 15 is 0 Å². The molecule has 1 aromatic carbocycles. The van der Waals surface area contributed by atoms with Crippen LogP contribution in [0.25, 0.3) is 10.2 Å². The minimum absolute atomic E-state index is 0.0232. The number of piperazine rings is 1. The smallest absolute Gasteiger partial charge is 0.227 e. The average molecular weight is 487 g/mol. The second-order valence-corrected chi connectivity index (χ2v) is 13.2. The van der Waals surface area contributed by atoms with Crippen molar-refractivity contribution in [1.29, 1.82) is 0 Å². The molecule has 2 aromatic rings. The van der Waals surface area contributed by atoms with Gasteiger partial charge in [0.25, 0.3) is 0 Å². The van der Waals surface area contributed by atoms with Crippen molar-refractivity contribution in [1.82, 2.24) is 14.2 Å². The van der Waals surface area contributed by atoms with E-state index in [1.807, 2.05) is 4.90 Å². The molecule has 1 unspecified atom stereocenters. The van der Waals surface area contributed by atoms with Gasteiger partial charge in [-0.3, -0.25) is 4.79 Å². The number of piperidine rings is 1. The van der Waals surface area contributed by atoms with Crippen LogP contribution in [0.15, 0.2) is 23.1 Å². The lowest BCUT2D eigenvalue weighted by atomic mass is 9.98. The zero-order valence-corrected chi connectivity index (χ0v) is 20.0. The van der Waals surface area contributed by atoms with Crippen LogP contribution in [0.1, 0.15) is 12.8 Å². The topological polar surface area (TPSA) is 108 Å². The van der Waals surface area contributed by atoms with Crippen LogP contribution < -0.4 is 4.90 Å². The van der Waals surface area contributed by atoms with Crippen molar-refractivity contribution in [3.63, 3.8) is 0 Å². The molecular weight excluding hydrogens is 460 g/mol. The second kappa shape index (κ2) is 8.30. The average Bonchev–Trinajstić information content (AvgIpc) is 3.15. The molecule has 0 bridgehead atoms. The quantitative estimate of drug-likeness (QED) is 0.635. The number of carbonyl (C=O) groups excluding carboxylic acids is 1. The Balaban J connectivity index is 1.41. The number of sulfone groups is 1. The first-order chi connectivity index (χ1) is 14.5. The maximum Gasteiger partial charge on any atom is 0.227 e. The standard InChI is InChI=1S/C19H26N4O5S3/c1-30(25,26)15-5-6-16-17(12-15)29-19(20-16)22-10-8-21(9-11-22)18(24)14-4-3-7-23(13-14)31(2,27)28/h5-6,12,14H,3-4,7-11,13H2,1-2H3. The van der Waals surface area contributed by atoms with Crippen molar-refractivity contribution in [3.05, 3.63) is 18.2 Å². The van der Waals surface area contributed by atoms with Crippen molar-refractivity contribution in [2.24, 2.45) is 5.92 Å². The largest absolute Gasteiger partial charge is 0.345 e. The molecule has 3 heterocycles. The number of fused-ring (bicyclic) bond motifs is 1. The zero-order valence-electron chi connectivity index (χ0n) is 17.5. The fourth-order valence-corrected chi connectivity index (χ4v) is 6.77. The van der Waals surface area contributed by atoms with Crippen LogP contribution in [0.4, 0.5) is 5.13 Å². The van der Waals surface area contributed by atoms with E-state index in [1.165, 1.54) is 28.2 Å². The molecule has 0 saturated carbocycles. The number of amides is 1. The maximum atomic E-state index is 13.0. The molecule has 12 heteroatoms. The number of carbonyl (C=O) groups is 1. The molecule has 2 aliphatic rings. The minimum Gasteiger partial charge on any atom is -0.345 e. The van der Waals surface area contributed by atoms with Gasteiger partial charge in [-0.2, -0.15) is 0 Å². The molecule has 0 N–H and O–H groups in total. The van der Waals surface area contributed by atoms with Crippen LogP contribution in [0.3, 0.4) is 0 Å². The summed E-state index contributed by atoms with van der Waals surface area (Å²) in [6.07, 6.45) is 3.79. The Labute approximate surface area is 186 Å². The number of rotatable bonds is 4. The fourth-order valence-electron chi connectivity index (χ4n) is 4.08. The van der Waals surface area contributed by atoms with E-state index in [-0.39, 0.29) is 23.3 Å². The molecule has 0 spiro atoms. The fraction of sp³-hybridized carbons (Fsp3) is 0.579. The number of benzene rings is 1. The van der Waals surface area contributed by atoms with Crippen LogP contribution in [0.5, 0.6) is 0 Å². The molecule has 2 aliphatic heterocycles. The highest BCUT2D eigenvalue weighted by Gasteiger charge is 2.34. The lowest BCUT2D eigenvalue weighted by Gasteiger charge is -2.38. The summed E-state index contributed by atoms with van der Waals surface area (Å²) < 4.78 is 49.5. The number of nitrogens with zero attached hydrogens (tertiary/aromatic N) is 4. The summed E-state index contributed by atoms with van der Waals surface area (Å²) in [6, 6.07) is 4.95. The maximum absolute atomic E-state index is 13.0. The summed E-state index contributed by atoms with van der Waals surface area (Å²) in [5.41, 5.74) is 0.758. The first-order valence-corrected chi connectivity index (χ1v) is 14.7. The molecule has 170 valence electrons. The van der Waals surface area contributed by atoms with Gasteiger partial charge in [0.1, 0.15) is 0 Å². The molecule has 31 heavy (non-hydrogen) atoms. The van der Waals surface area contributed by atoms with Crippen LogP contribution >= 0.6 is 11.3 Å². The molecule has 1 atom stereocenters. The predicted molar refractivity (Wildman–Crippen MR) is 121 cm³/mol. The number of aromatic nitrogens is 1. The molecule has 4 rings (SSSR count). The Morgan fingerprint density at radius 2 is 1.77 bits per heavy atom. The van der Waals surface area contributed by atoms with E-state index in [9.17, 15) is 21.6 Å². The van der Waals surface area contributed by atoms with Gasteiger partial charge in [-0.1, -0.05) is 11.3 Å². The van der Waals surface area contributed by atoms with Crippen LogP contribution in [0.2, 0.25) is 0 Å². The van der Waals surface area contributed by atoms with Crippen molar-refractivity contribution in [2.75, 3.05) is 56.7 Å². The predicted octanol–water partition coefficient (Wildman–Crippen LogP) is 1.02. The van der Waals surface area contributed by atoms with Gasteiger partial charge in [-0.15, -0.1) is 0 Å². The van der Waals surface area contributed by atoms with Crippen molar-refractivity contribution in [3.8, 4) is 0 Å². The zero-order chi connectivity index (χ0) is 22.4. The van der Waals surface area contributed by atoms with E-state index in [4.69, 9.17) is 0 Å². The van der Waals surface area contributed by atoms with Crippen LogP contribution in [-0.4, -0.2) is 88.7 Å². The molecule has 0 radical (unpaired) electrons. The monoisotopic (exact) mass is 486 g/mol. The third-order valence-electron chi connectivity index (χ3n) is 5.84. The van der Waals surface area contributed by atoms with E-state index in [1.54, 1.807) is 18.2 Å². The SMILES string of the molecule is CS(=O)(=O)c1ccc2nc(N3CCN(C(=O)C4CCCN(S(C)(=O)=O)C4)CC3)sc2c1. The van der Waals surface area contributed by atoms with Crippen molar-refractivity contribution >= 4 is 52.5 Å². The summed E-state index contributed by atoms with van der Waals surface area (Å²) >= 11 is 1.45. The Hall–Kier alpha value is -1.76. The first kappa shape index (κ1) is 22.4. The van der Waals surface area contributed by atoms with Gasteiger partial charge in [-0.25, -0.2) is 26.1 Å². The van der Waals surface area contributed by atoms with E-state index < -0.39 is 19.9 Å². The molecule has 2 saturated heterocycles. The van der Waals surface area contributed by atoms with Crippen molar-refractivity contribution < 1.29 is 21.6 Å². The molecular formula is C19H26N4O5S3. The lowest BCUT2D eigenvalue weighted by molar-refractivity contribution is -0.137. The Morgan fingerprint density at radius 3 is 2.42 bits per heavy atom. The molecule has 0 aliphatic carbocycles. The highest BCUT2D eigenvalue weighted by Crippen LogP contribution is 2.31. The van der Waals surface area contributed by atoms with E-state index in [2.05, 4.69) is 9.88 Å². The highest BCUT2D eigenvalue weighted by molar-refractivity contribution is 7.90. The van der Waals surface area contributed by atoms with Gasteiger partial charge < -0.3 is 9.80 Å². The van der Waals surface area contributed by atoms with Crippen LogP contribution in [-0.2, 0) is 24.7 Å². The summed E-state index contributed by atoms with van der Waals surface area (Å²) in [5, 5.41) is 0.814. The van der Waals surface area contributed by atoms with Gasteiger partial charge in [0.2, 0.25) is 15.9 Å². The lowest BCUT2D eigenvalue weighted by Crippen LogP contribution is -2.53. The molecule has 2 fully saturated rings. The van der Waals surface area contributed by atoms with Gasteiger partial charge in [0.05, 0.1) is 27.3 Å². The number of anilines is 1. The summed E-state index contributed by atoms with van der Waals surface area (Å²) in [5.74, 6) is -0.262. The van der Waals surface area contributed by atoms with Gasteiger partial charge in [-0.05, 0) is 31.0 Å². The number of sulfonamides is 1. The second-order valence-electron chi connectivity index (χ2n) is 8.17. The normalized spacial score (nSPS) is 21.5. The van der Waals surface area contributed by atoms with Crippen LogP contribution in [0, 0.1) is 5.92 Å². The minimum atomic E-state index is -3.28. The van der Waals surface area contributed by atoms with Gasteiger partial charge in [0, 0.05) is 45.5 Å². The number of hydrogen-bond acceptors (Lipinski definition) is 8. The van der Waals surface area contributed by atoms with Gasteiger partial charge >= 0.3 is 0 Å². The Bertz CT molecular complexity index is 1200. The third-order valence-corrected chi connectivity index (χ3v) is 9.30. The van der Waals surface area contributed by atoms with Crippen molar-refractivity contribution in [2.45, 2.75) is 17.7 Å². The number of hydrogen-bond donors (Lipinski definition) is 0. The molecule has 1 aromatic heterocycles. The van der Waals surface area contributed by atoms with Gasteiger partial charge in [0.15, 0.2) is 15.0 Å². The molecule has 1 amide bonds.